The van der Waals surface area contributed by atoms with E-state index in [1.807, 2.05) is 18.2 Å². The van der Waals surface area contributed by atoms with Gasteiger partial charge in [-0.05, 0) is 19.1 Å². The van der Waals surface area contributed by atoms with Crippen molar-refractivity contribution in [2.75, 3.05) is 31.5 Å². The average molecular weight is 484 g/mol. The smallest absolute Gasteiger partial charge is 0.276 e. The highest BCUT2D eigenvalue weighted by Gasteiger charge is 2.39. The van der Waals surface area contributed by atoms with Crippen molar-refractivity contribution in [3.63, 3.8) is 0 Å². The number of nitrogens with one attached hydrogen (secondary N) is 2. The fraction of sp³-hybridized carbons (Fsp3) is 0.261. The normalized spacial score (nSPS) is 17.5. The fourth-order valence-electron chi connectivity index (χ4n) is 3.41. The zero-order valence-corrected chi connectivity index (χ0v) is 20.0. The largest absolute Gasteiger partial charge is 0.497 e. The van der Waals surface area contributed by atoms with E-state index in [4.69, 9.17) is 14.2 Å². The summed E-state index contributed by atoms with van der Waals surface area (Å²) >= 11 is 1.24. The molecule has 34 heavy (non-hydrogen) atoms. The Bertz CT molecular complexity index is 1130. The van der Waals surface area contributed by atoms with Gasteiger partial charge in [-0.2, -0.15) is 5.10 Å². The number of amidine groups is 1. The maximum Gasteiger partial charge on any atom is 0.276 e. The molecule has 0 spiro atoms. The second-order valence-electron chi connectivity index (χ2n) is 7.39. The molecule has 0 saturated carbocycles. The summed E-state index contributed by atoms with van der Waals surface area (Å²) in [5, 5.41) is 7.19. The number of thioether (sulfide) groups is 1. The van der Waals surface area contributed by atoms with Crippen molar-refractivity contribution in [2.24, 2.45) is 5.10 Å². The van der Waals surface area contributed by atoms with Gasteiger partial charge in [-0.1, -0.05) is 17.8 Å². The molecule has 2 heterocycles. The second-order valence-corrected chi connectivity index (χ2v) is 8.70. The molecule has 0 aliphatic carbocycles. The molecule has 2 aliphatic rings. The lowest BCUT2D eigenvalue weighted by Gasteiger charge is -2.32. The molecule has 10 nitrogen and oxygen atoms in total. The van der Waals surface area contributed by atoms with Gasteiger partial charge in [0.15, 0.2) is 5.17 Å². The number of benzene rings is 2. The summed E-state index contributed by atoms with van der Waals surface area (Å²) in [7, 11) is 4.67. The Morgan fingerprint density at radius 3 is 2.44 bits per heavy atom. The number of ether oxygens (including phenoxy) is 3. The Labute approximate surface area is 201 Å². The fourth-order valence-corrected chi connectivity index (χ4v) is 4.29. The predicted molar refractivity (Wildman–Crippen MR) is 131 cm³/mol. The number of hydrogen-bond donors (Lipinski definition) is 2. The standard InChI is InChI=1S/C23H25N5O5S/c1-14(21(29)24-15-10-18(32-3)13-19(11-15)33-4)34-23-26-25-20-22(30)27(8-9-28(20)23)16-6-5-7-17(12-16)31-2/h5-14,20,25H,1-4H3,(H,24,29). The van der Waals surface area contributed by atoms with Crippen LogP contribution in [0, 0.1) is 0 Å². The van der Waals surface area contributed by atoms with Crippen molar-refractivity contribution < 1.29 is 23.8 Å². The Balaban J connectivity index is 1.42. The monoisotopic (exact) mass is 483 g/mol. The zero-order chi connectivity index (χ0) is 24.2. The van der Waals surface area contributed by atoms with Gasteiger partial charge in [0.2, 0.25) is 12.1 Å². The number of anilines is 2. The van der Waals surface area contributed by atoms with Gasteiger partial charge in [-0.3, -0.25) is 24.8 Å². The number of amides is 2. The number of nitrogens with zero attached hydrogens (tertiary/aromatic N) is 3. The van der Waals surface area contributed by atoms with Gasteiger partial charge in [0, 0.05) is 42.4 Å². The molecule has 4 rings (SSSR count). The topological polar surface area (TPSA) is 105 Å². The van der Waals surface area contributed by atoms with E-state index in [9.17, 15) is 9.59 Å². The van der Waals surface area contributed by atoms with Crippen molar-refractivity contribution in [2.45, 2.75) is 18.3 Å². The molecule has 178 valence electrons. The summed E-state index contributed by atoms with van der Waals surface area (Å²) in [5.41, 5.74) is 4.11. The molecule has 0 saturated heterocycles. The van der Waals surface area contributed by atoms with Crippen LogP contribution in [-0.2, 0) is 9.59 Å². The maximum atomic E-state index is 13.1. The summed E-state index contributed by atoms with van der Waals surface area (Å²) in [6, 6.07) is 12.4. The van der Waals surface area contributed by atoms with Gasteiger partial charge in [0.25, 0.3) is 5.91 Å². The van der Waals surface area contributed by atoms with Crippen molar-refractivity contribution >= 4 is 40.1 Å². The number of hydrazone groups is 1. The van der Waals surface area contributed by atoms with E-state index >= 15 is 0 Å². The van der Waals surface area contributed by atoms with E-state index in [0.717, 1.165) is 0 Å². The number of fused-ring (bicyclic) bond motifs is 1. The first-order chi connectivity index (χ1) is 16.4. The molecule has 2 aromatic carbocycles. The van der Waals surface area contributed by atoms with Crippen molar-refractivity contribution in [1.82, 2.24) is 10.3 Å². The van der Waals surface area contributed by atoms with Gasteiger partial charge < -0.3 is 19.5 Å². The third-order valence-electron chi connectivity index (χ3n) is 5.23. The summed E-state index contributed by atoms with van der Waals surface area (Å²) in [5.74, 6) is 1.37. The molecular weight excluding hydrogens is 458 g/mol. The van der Waals surface area contributed by atoms with Crippen LogP contribution in [0.3, 0.4) is 0 Å². The third-order valence-corrected chi connectivity index (χ3v) is 6.31. The third kappa shape index (κ3) is 4.74. The molecule has 2 N–H and O–H groups in total. The minimum atomic E-state index is -0.698. The number of hydrogen-bond acceptors (Lipinski definition) is 9. The van der Waals surface area contributed by atoms with Gasteiger partial charge in [0.05, 0.1) is 32.3 Å². The number of rotatable bonds is 7. The lowest BCUT2D eigenvalue weighted by Crippen LogP contribution is -2.52. The van der Waals surface area contributed by atoms with Crippen LogP contribution in [0.25, 0.3) is 0 Å². The van der Waals surface area contributed by atoms with Gasteiger partial charge in [-0.15, -0.1) is 0 Å². The van der Waals surface area contributed by atoms with E-state index in [0.29, 0.717) is 33.8 Å². The lowest BCUT2D eigenvalue weighted by atomic mass is 10.2. The van der Waals surface area contributed by atoms with Crippen molar-refractivity contribution in [3.8, 4) is 17.2 Å². The molecule has 11 heteroatoms. The molecule has 2 amide bonds. The van der Waals surface area contributed by atoms with Crippen LogP contribution in [-0.4, -0.2) is 54.6 Å². The quantitative estimate of drug-likeness (QED) is 0.620. The van der Waals surface area contributed by atoms with Crippen LogP contribution in [0.5, 0.6) is 17.2 Å². The van der Waals surface area contributed by atoms with Crippen LogP contribution in [0.4, 0.5) is 11.4 Å². The summed E-state index contributed by atoms with van der Waals surface area (Å²) in [6.07, 6.45) is 2.73. The predicted octanol–water partition coefficient (Wildman–Crippen LogP) is 2.79. The van der Waals surface area contributed by atoms with E-state index in [2.05, 4.69) is 15.8 Å². The minimum Gasteiger partial charge on any atom is -0.497 e. The number of carbonyl (C=O) groups excluding carboxylic acids is 2. The second kappa shape index (κ2) is 9.96. The molecule has 2 atom stereocenters. The Kier molecular flexibility index (Phi) is 6.82. The van der Waals surface area contributed by atoms with Gasteiger partial charge in [-0.25, -0.2) is 0 Å². The molecule has 2 aliphatic heterocycles. The summed E-state index contributed by atoms with van der Waals surface area (Å²) < 4.78 is 15.8. The van der Waals surface area contributed by atoms with Crippen molar-refractivity contribution in [1.29, 1.82) is 0 Å². The molecule has 2 aromatic rings. The average Bonchev–Trinajstić information content (AvgIpc) is 3.27. The molecular formula is C23H25N5O5S. The van der Waals surface area contributed by atoms with E-state index < -0.39 is 11.4 Å². The van der Waals surface area contributed by atoms with E-state index in [1.54, 1.807) is 69.8 Å². The van der Waals surface area contributed by atoms with Crippen LogP contribution < -0.4 is 29.9 Å². The number of carbonyl (C=O) groups is 2. The van der Waals surface area contributed by atoms with E-state index in [1.165, 1.54) is 16.7 Å². The molecule has 0 radical (unpaired) electrons. The van der Waals surface area contributed by atoms with Crippen LogP contribution in [0.1, 0.15) is 6.92 Å². The zero-order valence-electron chi connectivity index (χ0n) is 19.1. The Morgan fingerprint density at radius 1 is 1.06 bits per heavy atom. The summed E-state index contributed by atoms with van der Waals surface area (Å²) in [4.78, 5) is 29.1. The minimum absolute atomic E-state index is 0.198. The summed E-state index contributed by atoms with van der Waals surface area (Å²) in [6.45, 7) is 1.77. The first-order valence-corrected chi connectivity index (χ1v) is 11.3. The molecule has 2 unspecified atom stereocenters. The van der Waals surface area contributed by atoms with Crippen LogP contribution >= 0.6 is 11.8 Å². The van der Waals surface area contributed by atoms with Gasteiger partial charge >= 0.3 is 0 Å². The highest BCUT2D eigenvalue weighted by Crippen LogP contribution is 2.30. The van der Waals surface area contributed by atoms with Crippen LogP contribution in [0.15, 0.2) is 60.0 Å². The van der Waals surface area contributed by atoms with E-state index in [-0.39, 0.29) is 11.8 Å². The van der Waals surface area contributed by atoms with Crippen molar-refractivity contribution in [3.05, 3.63) is 54.9 Å². The molecule has 0 aromatic heterocycles. The maximum absolute atomic E-state index is 13.1. The Morgan fingerprint density at radius 2 is 1.76 bits per heavy atom. The molecule has 0 fully saturated rings. The van der Waals surface area contributed by atoms with Crippen LogP contribution in [0.2, 0.25) is 0 Å². The number of methoxy groups -OCH3 is 3. The SMILES string of the molecule is COc1cc(NC(=O)C(C)SC2=NNC3C(=O)N(c4cccc(OC)c4)C=CN23)cc(OC)c1. The lowest BCUT2D eigenvalue weighted by molar-refractivity contribution is -0.122. The van der Waals surface area contributed by atoms with Gasteiger partial charge in [0.1, 0.15) is 17.2 Å². The first kappa shape index (κ1) is 23.3. The highest BCUT2D eigenvalue weighted by atomic mass is 32.2. The highest BCUT2D eigenvalue weighted by molar-refractivity contribution is 8.14. The Hall–Kier alpha value is -3.86. The first-order valence-electron chi connectivity index (χ1n) is 10.4. The molecule has 0 bridgehead atoms.